The van der Waals surface area contributed by atoms with Crippen LogP contribution in [0.3, 0.4) is 0 Å². The number of carbonyl (C=O) groups excluding carboxylic acids is 1. The van der Waals surface area contributed by atoms with Gasteiger partial charge in [0.25, 0.3) is 0 Å². The number of hydrogen-bond donors (Lipinski definition) is 1. The average molecular weight is 403 g/mol. The van der Waals surface area contributed by atoms with Crippen molar-refractivity contribution in [3.05, 3.63) is 46.2 Å². The number of urea groups is 1. The van der Waals surface area contributed by atoms with Crippen molar-refractivity contribution in [1.82, 2.24) is 14.7 Å². The first kappa shape index (κ1) is 16.6. The van der Waals surface area contributed by atoms with E-state index in [0.717, 1.165) is 35.8 Å². The van der Waals surface area contributed by atoms with E-state index in [1.807, 2.05) is 24.5 Å². The van der Waals surface area contributed by atoms with Gasteiger partial charge in [0.1, 0.15) is 0 Å². The number of piperidine rings is 1. The predicted octanol–water partition coefficient (Wildman–Crippen LogP) is 4.66. The van der Waals surface area contributed by atoms with Gasteiger partial charge in [0.05, 0.1) is 16.7 Å². The van der Waals surface area contributed by atoms with Crippen LogP contribution in [0.25, 0.3) is 0 Å². The number of amides is 2. The number of nitrogens with one attached hydrogen (secondary N) is 1. The first-order valence-corrected chi connectivity index (χ1v) is 9.66. The van der Waals surface area contributed by atoms with Crippen LogP contribution in [-0.2, 0) is 0 Å². The van der Waals surface area contributed by atoms with Crippen molar-refractivity contribution < 1.29 is 4.79 Å². The van der Waals surface area contributed by atoms with Crippen LogP contribution in [0.15, 0.2) is 35.1 Å². The van der Waals surface area contributed by atoms with Crippen LogP contribution in [0.2, 0.25) is 0 Å². The van der Waals surface area contributed by atoms with Gasteiger partial charge in [-0.05, 0) is 78.7 Å². The molecule has 4 rings (SSSR count). The molecule has 5 nitrogen and oxygen atoms in total. The van der Waals surface area contributed by atoms with Crippen molar-refractivity contribution in [3.8, 4) is 0 Å². The molecular formula is C19H23BrN4O. The smallest absolute Gasteiger partial charge is 0.318 e. The van der Waals surface area contributed by atoms with Crippen LogP contribution in [0.1, 0.15) is 42.9 Å². The van der Waals surface area contributed by atoms with Crippen molar-refractivity contribution in [1.29, 1.82) is 0 Å². The molecule has 3 heterocycles. The van der Waals surface area contributed by atoms with Gasteiger partial charge in [0.15, 0.2) is 0 Å². The Balaban J connectivity index is 1.48. The number of anilines is 1. The molecule has 2 amide bonds. The van der Waals surface area contributed by atoms with Crippen LogP contribution in [0, 0.1) is 13.8 Å². The van der Waals surface area contributed by atoms with Crippen molar-refractivity contribution in [2.45, 2.75) is 57.7 Å². The van der Waals surface area contributed by atoms with Crippen LogP contribution in [0.4, 0.5) is 10.5 Å². The Hall–Kier alpha value is -1.82. The molecule has 2 aliphatic rings. The normalized spacial score (nSPS) is 25.2. The molecule has 0 spiro atoms. The van der Waals surface area contributed by atoms with Crippen LogP contribution in [-0.4, -0.2) is 32.8 Å². The Morgan fingerprint density at radius 1 is 1.12 bits per heavy atom. The lowest BCUT2D eigenvalue weighted by Crippen LogP contribution is -2.48. The maximum absolute atomic E-state index is 12.9. The van der Waals surface area contributed by atoms with E-state index in [1.54, 1.807) is 0 Å². The van der Waals surface area contributed by atoms with Gasteiger partial charge in [-0.25, -0.2) is 4.79 Å². The molecule has 1 aromatic carbocycles. The minimum Gasteiger partial charge on any atom is -0.318 e. The van der Waals surface area contributed by atoms with Gasteiger partial charge in [0, 0.05) is 24.0 Å². The summed E-state index contributed by atoms with van der Waals surface area (Å²) < 4.78 is 3.06. The molecule has 2 aromatic rings. The molecule has 25 heavy (non-hydrogen) atoms. The highest BCUT2D eigenvalue weighted by molar-refractivity contribution is 9.10. The molecule has 0 aliphatic carbocycles. The molecule has 1 N–H and O–H groups in total. The number of aromatic nitrogens is 2. The molecule has 2 saturated heterocycles. The Morgan fingerprint density at radius 2 is 1.76 bits per heavy atom. The second-order valence-corrected chi connectivity index (χ2v) is 8.28. The standard InChI is InChI=1S/C19H23BrN4O/c1-12-5-13(2)7-15(6-12)22-19(25)24-16-3-4-17(24)9-18(8-16)23-11-14(20)10-21-23/h5-7,10-11,16-18H,3-4,8-9H2,1-2H3,(H,22,25). The molecule has 2 aliphatic heterocycles. The number of benzene rings is 1. The third kappa shape index (κ3) is 3.32. The Bertz CT molecular complexity index is 768. The van der Waals surface area contributed by atoms with Gasteiger partial charge in [-0.15, -0.1) is 0 Å². The summed E-state index contributed by atoms with van der Waals surface area (Å²) in [5.74, 6) is 0. The van der Waals surface area contributed by atoms with Crippen molar-refractivity contribution >= 4 is 27.6 Å². The summed E-state index contributed by atoms with van der Waals surface area (Å²) in [7, 11) is 0. The lowest BCUT2D eigenvalue weighted by atomic mass is 9.98. The van der Waals surface area contributed by atoms with Crippen LogP contribution in [0.5, 0.6) is 0 Å². The number of rotatable bonds is 2. The molecule has 2 atom stereocenters. The number of aryl methyl sites for hydroxylation is 2. The molecule has 6 heteroatoms. The zero-order valence-corrected chi connectivity index (χ0v) is 16.2. The molecule has 2 bridgehead atoms. The van der Waals surface area contributed by atoms with Crippen molar-refractivity contribution in [2.75, 3.05) is 5.32 Å². The molecular weight excluding hydrogens is 380 g/mol. The third-order valence-corrected chi connectivity index (χ3v) is 5.77. The minimum absolute atomic E-state index is 0.0394. The fourth-order valence-corrected chi connectivity index (χ4v) is 4.75. The van der Waals surface area contributed by atoms with E-state index in [-0.39, 0.29) is 6.03 Å². The van der Waals surface area contributed by atoms with E-state index in [2.05, 4.69) is 55.8 Å². The second-order valence-electron chi connectivity index (χ2n) is 7.36. The zero-order chi connectivity index (χ0) is 17.6. The Morgan fingerprint density at radius 3 is 2.32 bits per heavy atom. The molecule has 2 unspecified atom stereocenters. The summed E-state index contributed by atoms with van der Waals surface area (Å²) in [5, 5.41) is 7.55. The number of fused-ring (bicyclic) bond motifs is 2. The summed E-state index contributed by atoms with van der Waals surface area (Å²) in [5.41, 5.74) is 3.22. The van der Waals surface area contributed by atoms with Gasteiger partial charge >= 0.3 is 6.03 Å². The monoisotopic (exact) mass is 402 g/mol. The van der Waals surface area contributed by atoms with Gasteiger partial charge in [-0.2, -0.15) is 5.10 Å². The molecule has 1 aromatic heterocycles. The lowest BCUT2D eigenvalue weighted by Gasteiger charge is -2.39. The highest BCUT2D eigenvalue weighted by Crippen LogP contribution is 2.41. The molecule has 0 saturated carbocycles. The van der Waals surface area contributed by atoms with Crippen molar-refractivity contribution in [3.63, 3.8) is 0 Å². The number of halogens is 1. The fraction of sp³-hybridized carbons (Fsp3) is 0.474. The lowest BCUT2D eigenvalue weighted by molar-refractivity contribution is 0.129. The van der Waals surface area contributed by atoms with Gasteiger partial charge in [0.2, 0.25) is 0 Å². The first-order valence-electron chi connectivity index (χ1n) is 8.87. The van der Waals surface area contributed by atoms with Crippen LogP contribution >= 0.6 is 15.9 Å². The SMILES string of the molecule is Cc1cc(C)cc(NC(=O)N2C3CCC2CC(n2cc(Br)cn2)C3)c1. The summed E-state index contributed by atoms with van der Waals surface area (Å²) in [6.07, 6.45) is 8.00. The van der Waals surface area contributed by atoms with E-state index in [9.17, 15) is 4.79 Å². The highest BCUT2D eigenvalue weighted by atomic mass is 79.9. The largest absolute Gasteiger partial charge is 0.322 e. The summed E-state index contributed by atoms with van der Waals surface area (Å²) in [6, 6.07) is 7.20. The maximum atomic E-state index is 12.9. The molecule has 2 fully saturated rings. The van der Waals surface area contributed by atoms with Gasteiger partial charge in [-0.3, -0.25) is 4.68 Å². The quantitative estimate of drug-likeness (QED) is 0.793. The number of hydrogen-bond acceptors (Lipinski definition) is 2. The molecule has 132 valence electrons. The van der Waals surface area contributed by atoms with E-state index in [1.165, 1.54) is 11.1 Å². The maximum Gasteiger partial charge on any atom is 0.322 e. The fourth-order valence-electron chi connectivity index (χ4n) is 4.45. The van der Waals surface area contributed by atoms with Crippen molar-refractivity contribution in [2.24, 2.45) is 0 Å². The average Bonchev–Trinajstić information content (AvgIpc) is 3.07. The third-order valence-electron chi connectivity index (χ3n) is 5.36. The predicted molar refractivity (Wildman–Crippen MR) is 102 cm³/mol. The Labute approximate surface area is 156 Å². The number of nitrogens with zero attached hydrogens (tertiary/aromatic N) is 3. The molecule has 0 radical (unpaired) electrons. The minimum atomic E-state index is 0.0394. The highest BCUT2D eigenvalue weighted by Gasteiger charge is 2.44. The van der Waals surface area contributed by atoms with E-state index < -0.39 is 0 Å². The van der Waals surface area contributed by atoms with E-state index in [4.69, 9.17) is 0 Å². The zero-order valence-electron chi connectivity index (χ0n) is 14.6. The first-order chi connectivity index (χ1) is 12.0. The van der Waals surface area contributed by atoms with Gasteiger partial charge < -0.3 is 10.2 Å². The Kier molecular flexibility index (Phi) is 4.31. The topological polar surface area (TPSA) is 50.2 Å². The van der Waals surface area contributed by atoms with Crippen LogP contribution < -0.4 is 5.32 Å². The van der Waals surface area contributed by atoms with E-state index >= 15 is 0 Å². The number of carbonyl (C=O) groups is 1. The summed E-state index contributed by atoms with van der Waals surface area (Å²) >= 11 is 3.47. The van der Waals surface area contributed by atoms with Gasteiger partial charge in [-0.1, -0.05) is 6.07 Å². The summed E-state index contributed by atoms with van der Waals surface area (Å²) in [6.45, 7) is 4.11. The second kappa shape index (κ2) is 6.48. The van der Waals surface area contributed by atoms with E-state index in [0.29, 0.717) is 18.1 Å². The summed E-state index contributed by atoms with van der Waals surface area (Å²) in [4.78, 5) is 15.0.